The zero-order valence-electron chi connectivity index (χ0n) is 7.80. The fourth-order valence-corrected chi connectivity index (χ4v) is 1.15. The molecule has 0 spiro atoms. The van der Waals surface area contributed by atoms with Gasteiger partial charge in [0.2, 0.25) is 0 Å². The van der Waals surface area contributed by atoms with Crippen LogP contribution in [0.25, 0.3) is 0 Å². The van der Waals surface area contributed by atoms with Crippen LogP contribution >= 0.6 is 0 Å². The minimum atomic E-state index is 0.297. The Bertz CT molecular complexity index is 277. The third-order valence-electron chi connectivity index (χ3n) is 1.89. The summed E-state index contributed by atoms with van der Waals surface area (Å²) in [4.78, 5) is 0. The van der Waals surface area contributed by atoms with Crippen molar-refractivity contribution in [2.45, 2.75) is 6.54 Å². The molecule has 0 aliphatic heterocycles. The van der Waals surface area contributed by atoms with E-state index in [2.05, 4.69) is 5.32 Å². The van der Waals surface area contributed by atoms with Gasteiger partial charge in [0.05, 0.1) is 5.71 Å². The van der Waals surface area contributed by atoms with E-state index in [0.29, 0.717) is 12.3 Å². The van der Waals surface area contributed by atoms with Crippen molar-refractivity contribution in [1.82, 2.24) is 5.32 Å². The highest BCUT2D eigenvalue weighted by Gasteiger charge is 1.97. The summed E-state index contributed by atoms with van der Waals surface area (Å²) in [6, 6.07) is 7.88. The summed E-state index contributed by atoms with van der Waals surface area (Å²) >= 11 is 0. The first-order valence-corrected chi connectivity index (χ1v) is 4.29. The SMILES string of the molecule is CNCc1ccc(C(=N)CN)cc1. The van der Waals surface area contributed by atoms with Crippen molar-refractivity contribution in [2.75, 3.05) is 13.6 Å². The molecule has 0 aliphatic rings. The van der Waals surface area contributed by atoms with Gasteiger partial charge in [-0.2, -0.15) is 0 Å². The first-order chi connectivity index (χ1) is 6.27. The van der Waals surface area contributed by atoms with Gasteiger partial charge in [-0.1, -0.05) is 24.3 Å². The van der Waals surface area contributed by atoms with E-state index in [9.17, 15) is 0 Å². The molecule has 0 radical (unpaired) electrons. The monoisotopic (exact) mass is 177 g/mol. The molecular formula is C10H15N3. The fourth-order valence-electron chi connectivity index (χ4n) is 1.15. The number of hydrogen-bond donors (Lipinski definition) is 3. The van der Waals surface area contributed by atoms with Crippen molar-refractivity contribution in [3.63, 3.8) is 0 Å². The van der Waals surface area contributed by atoms with E-state index in [-0.39, 0.29) is 0 Å². The zero-order chi connectivity index (χ0) is 9.68. The largest absolute Gasteiger partial charge is 0.325 e. The Morgan fingerprint density at radius 2 is 2.00 bits per heavy atom. The average molecular weight is 177 g/mol. The molecular weight excluding hydrogens is 162 g/mol. The Morgan fingerprint density at radius 3 is 2.46 bits per heavy atom. The van der Waals surface area contributed by atoms with Crippen LogP contribution in [-0.2, 0) is 6.54 Å². The van der Waals surface area contributed by atoms with E-state index in [0.717, 1.165) is 12.1 Å². The lowest BCUT2D eigenvalue weighted by Gasteiger charge is -2.03. The van der Waals surface area contributed by atoms with Gasteiger partial charge in [-0.25, -0.2) is 0 Å². The predicted octanol–water partition coefficient (Wildman–Crippen LogP) is 0.733. The average Bonchev–Trinajstić information content (AvgIpc) is 2.18. The van der Waals surface area contributed by atoms with E-state index in [1.54, 1.807) is 0 Å². The van der Waals surface area contributed by atoms with Crippen molar-refractivity contribution in [3.8, 4) is 0 Å². The summed E-state index contributed by atoms with van der Waals surface area (Å²) < 4.78 is 0. The lowest BCUT2D eigenvalue weighted by atomic mass is 10.1. The number of rotatable bonds is 4. The molecule has 0 amide bonds. The lowest BCUT2D eigenvalue weighted by Crippen LogP contribution is -2.13. The molecule has 3 heteroatoms. The van der Waals surface area contributed by atoms with Crippen LogP contribution in [-0.4, -0.2) is 19.3 Å². The van der Waals surface area contributed by atoms with Gasteiger partial charge >= 0.3 is 0 Å². The van der Waals surface area contributed by atoms with Crippen LogP contribution in [0.3, 0.4) is 0 Å². The van der Waals surface area contributed by atoms with Crippen LogP contribution in [0.15, 0.2) is 24.3 Å². The Balaban J connectivity index is 2.75. The second-order valence-electron chi connectivity index (χ2n) is 2.91. The van der Waals surface area contributed by atoms with Gasteiger partial charge < -0.3 is 16.5 Å². The van der Waals surface area contributed by atoms with Gasteiger partial charge in [0.15, 0.2) is 0 Å². The summed E-state index contributed by atoms with van der Waals surface area (Å²) in [6.45, 7) is 1.15. The van der Waals surface area contributed by atoms with E-state index >= 15 is 0 Å². The van der Waals surface area contributed by atoms with E-state index in [1.165, 1.54) is 5.56 Å². The molecule has 0 atom stereocenters. The molecule has 1 aromatic carbocycles. The molecule has 0 aromatic heterocycles. The highest BCUT2D eigenvalue weighted by atomic mass is 14.8. The van der Waals surface area contributed by atoms with E-state index in [1.807, 2.05) is 31.3 Å². The second-order valence-corrected chi connectivity index (χ2v) is 2.91. The molecule has 0 fully saturated rings. The van der Waals surface area contributed by atoms with Crippen LogP contribution in [0.4, 0.5) is 0 Å². The van der Waals surface area contributed by atoms with Crippen LogP contribution in [0.5, 0.6) is 0 Å². The van der Waals surface area contributed by atoms with Gasteiger partial charge in [-0.3, -0.25) is 0 Å². The highest BCUT2D eigenvalue weighted by Crippen LogP contribution is 2.04. The molecule has 4 N–H and O–H groups in total. The van der Waals surface area contributed by atoms with Gasteiger partial charge in [0.1, 0.15) is 0 Å². The molecule has 0 unspecified atom stereocenters. The van der Waals surface area contributed by atoms with Crippen LogP contribution < -0.4 is 11.1 Å². The Morgan fingerprint density at radius 1 is 1.38 bits per heavy atom. The maximum Gasteiger partial charge on any atom is 0.0522 e. The van der Waals surface area contributed by atoms with Crippen LogP contribution in [0, 0.1) is 5.41 Å². The number of nitrogens with two attached hydrogens (primary N) is 1. The topological polar surface area (TPSA) is 61.9 Å². The summed E-state index contributed by atoms with van der Waals surface area (Å²) in [5.41, 5.74) is 7.97. The Kier molecular flexibility index (Phi) is 3.61. The van der Waals surface area contributed by atoms with Crippen LogP contribution in [0.2, 0.25) is 0 Å². The van der Waals surface area contributed by atoms with Crippen molar-refractivity contribution in [3.05, 3.63) is 35.4 Å². The molecule has 70 valence electrons. The molecule has 0 aliphatic carbocycles. The van der Waals surface area contributed by atoms with Crippen molar-refractivity contribution >= 4 is 5.71 Å². The maximum absolute atomic E-state index is 7.51. The Labute approximate surface area is 78.5 Å². The van der Waals surface area contributed by atoms with Gasteiger partial charge in [0.25, 0.3) is 0 Å². The summed E-state index contributed by atoms with van der Waals surface area (Å²) in [6.07, 6.45) is 0. The predicted molar refractivity (Wildman–Crippen MR) is 55.1 cm³/mol. The van der Waals surface area contributed by atoms with E-state index in [4.69, 9.17) is 11.1 Å². The van der Waals surface area contributed by atoms with Crippen LogP contribution in [0.1, 0.15) is 11.1 Å². The molecule has 0 heterocycles. The van der Waals surface area contributed by atoms with Crippen molar-refractivity contribution < 1.29 is 0 Å². The molecule has 3 nitrogen and oxygen atoms in total. The lowest BCUT2D eigenvalue weighted by molar-refractivity contribution is 0.818. The van der Waals surface area contributed by atoms with E-state index < -0.39 is 0 Å². The standard InChI is InChI=1S/C10H15N3/c1-13-7-8-2-4-9(5-3-8)10(12)6-11/h2-5,12-13H,6-7,11H2,1H3. The third kappa shape index (κ3) is 2.65. The normalized spacial score (nSPS) is 10.0. The molecule has 0 bridgehead atoms. The summed E-state index contributed by atoms with van der Waals surface area (Å²) in [5.74, 6) is 0. The number of hydrogen-bond acceptors (Lipinski definition) is 3. The third-order valence-corrected chi connectivity index (χ3v) is 1.89. The smallest absolute Gasteiger partial charge is 0.0522 e. The first-order valence-electron chi connectivity index (χ1n) is 4.29. The molecule has 13 heavy (non-hydrogen) atoms. The van der Waals surface area contributed by atoms with Crippen molar-refractivity contribution in [1.29, 1.82) is 5.41 Å². The van der Waals surface area contributed by atoms with Gasteiger partial charge in [0, 0.05) is 13.1 Å². The van der Waals surface area contributed by atoms with Gasteiger partial charge in [-0.15, -0.1) is 0 Å². The zero-order valence-corrected chi connectivity index (χ0v) is 7.80. The maximum atomic E-state index is 7.51. The molecule has 1 rings (SSSR count). The minimum Gasteiger partial charge on any atom is -0.325 e. The molecule has 0 saturated heterocycles. The molecule has 1 aromatic rings. The minimum absolute atomic E-state index is 0.297. The summed E-state index contributed by atoms with van der Waals surface area (Å²) in [5, 5.41) is 10.6. The highest BCUT2D eigenvalue weighted by molar-refractivity contribution is 5.99. The van der Waals surface area contributed by atoms with Crippen molar-refractivity contribution in [2.24, 2.45) is 5.73 Å². The summed E-state index contributed by atoms with van der Waals surface area (Å²) in [7, 11) is 1.91. The second kappa shape index (κ2) is 4.74. The molecule has 0 saturated carbocycles. The Hall–Kier alpha value is -1.19. The number of nitrogens with one attached hydrogen (secondary N) is 2. The quantitative estimate of drug-likeness (QED) is 0.594. The van der Waals surface area contributed by atoms with Gasteiger partial charge in [-0.05, 0) is 18.2 Å². The first kappa shape index (κ1) is 9.89. The number of benzene rings is 1. The fraction of sp³-hybridized carbons (Fsp3) is 0.300.